The summed E-state index contributed by atoms with van der Waals surface area (Å²) >= 11 is 0. The minimum atomic E-state index is 0.390. The molecule has 1 fully saturated rings. The lowest BCUT2D eigenvalue weighted by Gasteiger charge is -2.30. The molecule has 0 radical (unpaired) electrons. The van der Waals surface area contributed by atoms with Crippen LogP contribution < -0.4 is 0 Å². The third-order valence-corrected chi connectivity index (χ3v) is 7.05. The molecule has 3 heteroatoms. The summed E-state index contributed by atoms with van der Waals surface area (Å²) in [4.78, 5) is 22.2. The van der Waals surface area contributed by atoms with Crippen LogP contribution in [0.2, 0.25) is 0 Å². The first kappa shape index (κ1) is 20.1. The van der Waals surface area contributed by atoms with Crippen LogP contribution in [0.1, 0.15) is 73.2 Å². The molecule has 1 saturated carbocycles. The van der Waals surface area contributed by atoms with Gasteiger partial charge in [-0.1, -0.05) is 42.8 Å². The van der Waals surface area contributed by atoms with E-state index in [-0.39, 0.29) is 0 Å². The molecule has 2 aromatic heterocycles. The monoisotopic (exact) mass is 410 g/mol. The van der Waals surface area contributed by atoms with Crippen molar-refractivity contribution >= 4 is 22.8 Å². The van der Waals surface area contributed by atoms with E-state index in [1.54, 1.807) is 0 Å². The number of aromatic nitrogens is 2. The Balaban J connectivity index is 1.22. The van der Waals surface area contributed by atoms with Crippen molar-refractivity contribution in [3.05, 3.63) is 77.3 Å². The first-order valence-electron chi connectivity index (χ1n) is 11.8. The van der Waals surface area contributed by atoms with Crippen molar-refractivity contribution in [3.63, 3.8) is 0 Å². The minimum Gasteiger partial charge on any atom is -0.300 e. The number of aryl methyl sites for hydroxylation is 2. The summed E-state index contributed by atoms with van der Waals surface area (Å²) in [6, 6.07) is 12.5. The van der Waals surface area contributed by atoms with Gasteiger partial charge in [0.15, 0.2) is 0 Å². The summed E-state index contributed by atoms with van der Waals surface area (Å²) in [6.45, 7) is 0. The number of carbonyl (C=O) groups excluding carboxylic acids is 1. The van der Waals surface area contributed by atoms with E-state index in [2.05, 4.69) is 47.5 Å². The van der Waals surface area contributed by atoms with Gasteiger partial charge in [0.1, 0.15) is 5.78 Å². The average molecular weight is 411 g/mol. The molecule has 31 heavy (non-hydrogen) atoms. The zero-order valence-electron chi connectivity index (χ0n) is 18.1. The van der Waals surface area contributed by atoms with Gasteiger partial charge >= 0.3 is 0 Å². The number of hydrogen-bond donors (Lipinski definition) is 0. The van der Waals surface area contributed by atoms with Gasteiger partial charge in [-0.3, -0.25) is 14.8 Å². The molecular weight excluding hydrogens is 380 g/mol. The standard InChI is InChI=1S/C28H30N2O/c31-25(14-13-23-9-4-8-22-11-5-16-29-27(22)23)19-20-6-3-10-24(18-20)28-26-12-2-1-7-21(26)15-17-30-28/h2,4-5,8-9,11-12,15-17,20,24H,1,3,6-7,10,13-14,18-19H2. The fourth-order valence-corrected chi connectivity index (χ4v) is 5.50. The van der Waals surface area contributed by atoms with Crippen molar-refractivity contribution in [2.75, 3.05) is 0 Å². The Hall–Kier alpha value is -2.81. The Morgan fingerprint density at radius 3 is 2.94 bits per heavy atom. The number of Topliss-reactive ketones (excluding diaryl/α,β-unsaturated/α-hetero) is 1. The van der Waals surface area contributed by atoms with Crippen molar-refractivity contribution in [2.45, 2.75) is 63.7 Å². The molecule has 3 aromatic rings. The summed E-state index contributed by atoms with van der Waals surface area (Å²) in [6.07, 6.45) is 17.4. The molecule has 2 heterocycles. The Morgan fingerprint density at radius 1 is 1.03 bits per heavy atom. The van der Waals surface area contributed by atoms with Crippen molar-refractivity contribution in [3.8, 4) is 0 Å². The lowest BCUT2D eigenvalue weighted by Crippen LogP contribution is -2.19. The molecule has 2 aliphatic carbocycles. The molecule has 1 aromatic carbocycles. The second kappa shape index (κ2) is 9.13. The van der Waals surface area contributed by atoms with Crippen molar-refractivity contribution in [1.82, 2.24) is 9.97 Å². The van der Waals surface area contributed by atoms with Crippen LogP contribution in [0.5, 0.6) is 0 Å². The number of ketones is 1. The highest BCUT2D eigenvalue weighted by Crippen LogP contribution is 2.40. The lowest BCUT2D eigenvalue weighted by atomic mass is 9.75. The van der Waals surface area contributed by atoms with Gasteiger partial charge in [-0.15, -0.1) is 0 Å². The predicted molar refractivity (Wildman–Crippen MR) is 126 cm³/mol. The predicted octanol–water partition coefficient (Wildman–Crippen LogP) is 6.46. The van der Waals surface area contributed by atoms with Crippen LogP contribution in [0.3, 0.4) is 0 Å². The number of nitrogens with zero attached hydrogens (tertiary/aromatic N) is 2. The van der Waals surface area contributed by atoms with Gasteiger partial charge in [0, 0.05) is 36.5 Å². The number of fused-ring (bicyclic) bond motifs is 2. The van der Waals surface area contributed by atoms with Crippen LogP contribution in [-0.4, -0.2) is 15.8 Å². The van der Waals surface area contributed by atoms with E-state index in [4.69, 9.17) is 4.98 Å². The highest BCUT2D eigenvalue weighted by Gasteiger charge is 2.28. The van der Waals surface area contributed by atoms with E-state index in [0.717, 1.165) is 36.6 Å². The number of allylic oxidation sites excluding steroid dienone is 1. The summed E-state index contributed by atoms with van der Waals surface area (Å²) in [5.74, 6) is 1.37. The molecular formula is C28H30N2O. The fourth-order valence-electron chi connectivity index (χ4n) is 5.50. The summed E-state index contributed by atoms with van der Waals surface area (Å²) in [7, 11) is 0. The summed E-state index contributed by atoms with van der Waals surface area (Å²) in [5, 5.41) is 1.15. The highest BCUT2D eigenvalue weighted by molar-refractivity contribution is 5.83. The van der Waals surface area contributed by atoms with Crippen LogP contribution in [0.15, 0.2) is 54.9 Å². The molecule has 5 rings (SSSR count). The third kappa shape index (κ3) is 4.46. The van der Waals surface area contributed by atoms with Crippen LogP contribution in [0.4, 0.5) is 0 Å². The number of hydrogen-bond acceptors (Lipinski definition) is 3. The van der Waals surface area contributed by atoms with Gasteiger partial charge in [0.05, 0.1) is 11.2 Å². The van der Waals surface area contributed by atoms with Gasteiger partial charge in [0.25, 0.3) is 0 Å². The van der Waals surface area contributed by atoms with Crippen LogP contribution in [-0.2, 0) is 17.6 Å². The lowest BCUT2D eigenvalue weighted by molar-refractivity contribution is -0.120. The zero-order valence-corrected chi connectivity index (χ0v) is 18.1. The van der Waals surface area contributed by atoms with Gasteiger partial charge in [-0.25, -0.2) is 0 Å². The fraction of sp³-hybridized carbons (Fsp3) is 0.393. The molecule has 0 aliphatic heterocycles. The quantitative estimate of drug-likeness (QED) is 0.469. The Kier molecular flexibility index (Phi) is 5.93. The molecule has 158 valence electrons. The molecule has 0 bridgehead atoms. The Labute approximate surface area is 184 Å². The van der Waals surface area contributed by atoms with Crippen LogP contribution >= 0.6 is 0 Å². The van der Waals surface area contributed by atoms with E-state index in [1.165, 1.54) is 41.6 Å². The second-order valence-corrected chi connectivity index (χ2v) is 9.17. The molecule has 0 spiro atoms. The normalized spacial score (nSPS) is 20.5. The zero-order chi connectivity index (χ0) is 21.0. The average Bonchev–Trinajstić information content (AvgIpc) is 2.82. The first-order chi connectivity index (χ1) is 15.3. The molecule has 0 N–H and O–H groups in total. The SMILES string of the molecule is O=C(CCc1cccc2cccnc12)CC1CCCC(c2nccc3c2C=CCC3)C1. The van der Waals surface area contributed by atoms with E-state index in [1.807, 2.05) is 18.5 Å². The van der Waals surface area contributed by atoms with Crippen molar-refractivity contribution in [2.24, 2.45) is 5.92 Å². The molecule has 3 nitrogen and oxygen atoms in total. The maximum atomic E-state index is 12.8. The smallest absolute Gasteiger partial charge is 0.133 e. The van der Waals surface area contributed by atoms with E-state index in [9.17, 15) is 4.79 Å². The summed E-state index contributed by atoms with van der Waals surface area (Å²) in [5.41, 5.74) is 6.28. The van der Waals surface area contributed by atoms with E-state index < -0.39 is 0 Å². The maximum absolute atomic E-state index is 12.8. The van der Waals surface area contributed by atoms with Gasteiger partial charge < -0.3 is 0 Å². The van der Waals surface area contributed by atoms with Gasteiger partial charge in [-0.05, 0) is 73.3 Å². The maximum Gasteiger partial charge on any atom is 0.133 e. The molecule has 0 saturated heterocycles. The Bertz CT molecular complexity index is 1110. The third-order valence-electron chi connectivity index (χ3n) is 7.05. The number of benzene rings is 1. The molecule has 2 atom stereocenters. The number of para-hydroxylation sites is 1. The largest absolute Gasteiger partial charge is 0.300 e. The topological polar surface area (TPSA) is 42.9 Å². The van der Waals surface area contributed by atoms with E-state index >= 15 is 0 Å². The Morgan fingerprint density at radius 2 is 1.97 bits per heavy atom. The number of pyridine rings is 2. The molecule has 0 amide bonds. The van der Waals surface area contributed by atoms with Gasteiger partial charge in [0.2, 0.25) is 0 Å². The molecule has 2 unspecified atom stereocenters. The van der Waals surface area contributed by atoms with E-state index in [0.29, 0.717) is 30.5 Å². The van der Waals surface area contributed by atoms with Crippen molar-refractivity contribution < 1.29 is 4.79 Å². The second-order valence-electron chi connectivity index (χ2n) is 9.17. The van der Waals surface area contributed by atoms with Crippen molar-refractivity contribution in [1.29, 1.82) is 0 Å². The molecule has 2 aliphatic rings. The van der Waals surface area contributed by atoms with Crippen LogP contribution in [0.25, 0.3) is 17.0 Å². The summed E-state index contributed by atoms with van der Waals surface area (Å²) < 4.78 is 0. The van der Waals surface area contributed by atoms with Crippen LogP contribution in [0, 0.1) is 5.92 Å². The highest BCUT2D eigenvalue weighted by atomic mass is 16.1. The first-order valence-corrected chi connectivity index (χ1v) is 11.8. The number of carbonyl (C=O) groups is 1. The minimum absolute atomic E-state index is 0.390. The van der Waals surface area contributed by atoms with Gasteiger partial charge in [-0.2, -0.15) is 0 Å². The number of rotatable bonds is 6.